The van der Waals surface area contributed by atoms with Crippen molar-refractivity contribution >= 4 is 17.5 Å². The van der Waals surface area contributed by atoms with Gasteiger partial charge >= 0.3 is 6.09 Å². The van der Waals surface area contributed by atoms with E-state index in [1.807, 2.05) is 30.3 Å². The molecular weight excluding hydrogens is 230 g/mol. The summed E-state index contributed by atoms with van der Waals surface area (Å²) in [7, 11) is 0. The van der Waals surface area contributed by atoms with E-state index in [1.165, 1.54) is 0 Å². The lowest BCUT2D eigenvalue weighted by molar-refractivity contribution is 0.117. The molecule has 5 nitrogen and oxygen atoms in total. The number of benzene rings is 1. The van der Waals surface area contributed by atoms with Crippen LogP contribution in [0.5, 0.6) is 0 Å². The van der Waals surface area contributed by atoms with Gasteiger partial charge < -0.3 is 9.64 Å². The Hall–Kier alpha value is -2.04. The molecule has 0 unspecified atom stereocenters. The minimum atomic E-state index is -0.262. The molecule has 1 fully saturated rings. The predicted octanol–water partition coefficient (Wildman–Crippen LogP) is 2.32. The minimum absolute atomic E-state index is 0.262. The molecule has 1 aliphatic rings. The van der Waals surface area contributed by atoms with Crippen molar-refractivity contribution in [3.8, 4) is 0 Å². The molecule has 0 aliphatic carbocycles. The fourth-order valence-corrected chi connectivity index (χ4v) is 1.76. The van der Waals surface area contributed by atoms with Gasteiger partial charge in [-0.05, 0) is 19.1 Å². The lowest BCUT2D eigenvalue weighted by atomic mass is 10.3. The highest BCUT2D eigenvalue weighted by molar-refractivity contribution is 5.92. The SMILES string of the molecule is CCOC(=O)N1CC/C(=N\Nc2ccccc2)C1. The minimum Gasteiger partial charge on any atom is -0.450 e. The first-order chi connectivity index (χ1) is 8.79. The highest BCUT2D eigenvalue weighted by Crippen LogP contribution is 2.10. The Labute approximate surface area is 106 Å². The number of rotatable bonds is 3. The number of para-hydroxylation sites is 1. The van der Waals surface area contributed by atoms with Gasteiger partial charge in [0.15, 0.2) is 0 Å². The monoisotopic (exact) mass is 247 g/mol. The molecule has 1 aromatic carbocycles. The number of nitrogens with zero attached hydrogens (tertiary/aromatic N) is 2. The van der Waals surface area contributed by atoms with Crippen LogP contribution in [0.1, 0.15) is 13.3 Å². The second-order valence-corrected chi connectivity index (χ2v) is 4.03. The first kappa shape index (κ1) is 12.4. The smallest absolute Gasteiger partial charge is 0.410 e. The number of hydrazone groups is 1. The summed E-state index contributed by atoms with van der Waals surface area (Å²) in [5.74, 6) is 0. The molecule has 1 saturated heterocycles. The first-order valence-corrected chi connectivity index (χ1v) is 6.08. The Morgan fingerprint density at radius 3 is 2.94 bits per heavy atom. The molecule has 5 heteroatoms. The van der Waals surface area contributed by atoms with Gasteiger partial charge in [0, 0.05) is 13.0 Å². The summed E-state index contributed by atoms with van der Waals surface area (Å²) in [5.41, 5.74) is 4.90. The fraction of sp³-hybridized carbons (Fsp3) is 0.385. The Kier molecular flexibility index (Phi) is 4.17. The van der Waals surface area contributed by atoms with Gasteiger partial charge in [0.2, 0.25) is 0 Å². The second-order valence-electron chi connectivity index (χ2n) is 4.03. The summed E-state index contributed by atoms with van der Waals surface area (Å²) in [5, 5.41) is 4.30. The predicted molar refractivity (Wildman–Crippen MR) is 70.7 cm³/mol. The summed E-state index contributed by atoms with van der Waals surface area (Å²) in [6, 6.07) is 9.74. The van der Waals surface area contributed by atoms with E-state index in [-0.39, 0.29) is 6.09 Å². The third kappa shape index (κ3) is 3.23. The molecule has 1 aromatic rings. The van der Waals surface area contributed by atoms with Crippen molar-refractivity contribution in [1.82, 2.24) is 4.90 Å². The van der Waals surface area contributed by atoms with E-state index in [9.17, 15) is 4.79 Å². The van der Waals surface area contributed by atoms with Gasteiger partial charge in [0.05, 0.1) is 24.6 Å². The molecule has 0 radical (unpaired) electrons. The number of likely N-dealkylation sites (tertiary alicyclic amines) is 1. The van der Waals surface area contributed by atoms with Gasteiger partial charge in [0.1, 0.15) is 0 Å². The molecule has 1 amide bonds. The molecule has 0 bridgehead atoms. The van der Waals surface area contributed by atoms with Crippen molar-refractivity contribution in [1.29, 1.82) is 0 Å². The summed E-state index contributed by atoms with van der Waals surface area (Å²) >= 11 is 0. The first-order valence-electron chi connectivity index (χ1n) is 6.08. The van der Waals surface area contributed by atoms with Crippen LogP contribution in [0.15, 0.2) is 35.4 Å². The second kappa shape index (κ2) is 6.05. The van der Waals surface area contributed by atoms with Crippen LogP contribution in [-0.2, 0) is 4.74 Å². The zero-order valence-electron chi connectivity index (χ0n) is 10.4. The van der Waals surface area contributed by atoms with Crippen LogP contribution in [0.2, 0.25) is 0 Å². The molecule has 1 heterocycles. The number of nitrogens with one attached hydrogen (secondary N) is 1. The van der Waals surface area contributed by atoms with Crippen LogP contribution in [-0.4, -0.2) is 36.4 Å². The Morgan fingerprint density at radius 2 is 2.22 bits per heavy atom. The quantitative estimate of drug-likeness (QED) is 0.834. The van der Waals surface area contributed by atoms with Crippen LogP contribution in [0.4, 0.5) is 10.5 Å². The zero-order chi connectivity index (χ0) is 12.8. The lowest BCUT2D eigenvalue weighted by Gasteiger charge is -2.13. The standard InChI is InChI=1S/C13H17N3O2/c1-2-18-13(17)16-9-8-12(10-16)15-14-11-6-4-3-5-7-11/h3-7,14H,2,8-10H2,1H3/b15-12+. The van der Waals surface area contributed by atoms with Crippen LogP contribution in [0.3, 0.4) is 0 Å². The van der Waals surface area contributed by atoms with E-state index < -0.39 is 0 Å². The lowest BCUT2D eigenvalue weighted by Crippen LogP contribution is -2.29. The van der Waals surface area contributed by atoms with Gasteiger partial charge in [-0.3, -0.25) is 5.43 Å². The van der Waals surface area contributed by atoms with Crippen molar-refractivity contribution in [2.24, 2.45) is 5.10 Å². The molecule has 1 aliphatic heterocycles. The normalized spacial score (nSPS) is 16.9. The Morgan fingerprint density at radius 1 is 1.44 bits per heavy atom. The highest BCUT2D eigenvalue weighted by Gasteiger charge is 2.23. The number of carbonyl (C=O) groups is 1. The van der Waals surface area contributed by atoms with Gasteiger partial charge in [-0.1, -0.05) is 18.2 Å². The molecule has 18 heavy (non-hydrogen) atoms. The van der Waals surface area contributed by atoms with E-state index in [4.69, 9.17) is 4.74 Å². The van der Waals surface area contributed by atoms with Crippen LogP contribution >= 0.6 is 0 Å². The van der Waals surface area contributed by atoms with Gasteiger partial charge in [-0.25, -0.2) is 4.79 Å². The molecule has 96 valence electrons. The Balaban J connectivity index is 1.87. The maximum Gasteiger partial charge on any atom is 0.410 e. The number of ether oxygens (including phenoxy) is 1. The summed E-state index contributed by atoms with van der Waals surface area (Å²) in [6.45, 7) is 3.43. The van der Waals surface area contributed by atoms with Crippen molar-refractivity contribution in [3.05, 3.63) is 30.3 Å². The van der Waals surface area contributed by atoms with Gasteiger partial charge in [-0.2, -0.15) is 5.10 Å². The van der Waals surface area contributed by atoms with Crippen LogP contribution < -0.4 is 5.43 Å². The van der Waals surface area contributed by atoms with Crippen LogP contribution in [0, 0.1) is 0 Å². The molecule has 2 rings (SSSR count). The largest absolute Gasteiger partial charge is 0.450 e. The maximum atomic E-state index is 11.5. The number of carbonyl (C=O) groups excluding carboxylic acids is 1. The molecule has 1 N–H and O–H groups in total. The van der Waals surface area contributed by atoms with E-state index in [2.05, 4.69) is 10.5 Å². The zero-order valence-corrected chi connectivity index (χ0v) is 10.4. The van der Waals surface area contributed by atoms with Crippen molar-refractivity contribution in [3.63, 3.8) is 0 Å². The van der Waals surface area contributed by atoms with E-state index in [0.717, 1.165) is 17.8 Å². The average molecular weight is 247 g/mol. The van der Waals surface area contributed by atoms with Gasteiger partial charge in [-0.15, -0.1) is 0 Å². The fourth-order valence-electron chi connectivity index (χ4n) is 1.76. The number of anilines is 1. The Bertz CT molecular complexity index is 431. The van der Waals surface area contributed by atoms with E-state index in [1.54, 1.807) is 11.8 Å². The van der Waals surface area contributed by atoms with E-state index in [0.29, 0.717) is 19.7 Å². The van der Waals surface area contributed by atoms with Crippen molar-refractivity contribution in [2.75, 3.05) is 25.1 Å². The van der Waals surface area contributed by atoms with Gasteiger partial charge in [0.25, 0.3) is 0 Å². The molecule has 0 atom stereocenters. The molecule has 0 saturated carbocycles. The molecule has 0 aromatic heterocycles. The van der Waals surface area contributed by atoms with Crippen molar-refractivity contribution < 1.29 is 9.53 Å². The third-order valence-electron chi connectivity index (χ3n) is 2.69. The summed E-state index contributed by atoms with van der Waals surface area (Å²) < 4.78 is 4.95. The topological polar surface area (TPSA) is 53.9 Å². The molecule has 0 spiro atoms. The molecular formula is C13H17N3O2. The third-order valence-corrected chi connectivity index (χ3v) is 2.69. The number of hydrogen-bond donors (Lipinski definition) is 1. The number of hydrogen-bond acceptors (Lipinski definition) is 4. The maximum absolute atomic E-state index is 11.5. The summed E-state index contributed by atoms with van der Waals surface area (Å²) in [4.78, 5) is 13.2. The van der Waals surface area contributed by atoms with Crippen molar-refractivity contribution in [2.45, 2.75) is 13.3 Å². The average Bonchev–Trinajstić information content (AvgIpc) is 2.87. The number of amides is 1. The van der Waals surface area contributed by atoms with E-state index >= 15 is 0 Å². The highest BCUT2D eigenvalue weighted by atomic mass is 16.6. The van der Waals surface area contributed by atoms with Crippen LogP contribution in [0.25, 0.3) is 0 Å². The summed E-state index contributed by atoms with van der Waals surface area (Å²) in [6.07, 6.45) is 0.529.